The van der Waals surface area contributed by atoms with Gasteiger partial charge in [0, 0.05) is 25.0 Å². The largest absolute Gasteiger partial charge is 0.375 e. The SMILES string of the molecule is C[C@H]1OCCN[C@@H]1C(=O)NCCNC(=O)C(C)(C)C. The number of carbonyl (C=O) groups excluding carboxylic acids is 2. The van der Waals surface area contributed by atoms with Crippen molar-refractivity contribution in [1.29, 1.82) is 0 Å². The van der Waals surface area contributed by atoms with Gasteiger partial charge in [0.1, 0.15) is 6.04 Å². The Labute approximate surface area is 114 Å². The minimum atomic E-state index is -0.405. The zero-order valence-electron chi connectivity index (χ0n) is 12.2. The number of ether oxygens (including phenoxy) is 1. The third-order valence-corrected chi connectivity index (χ3v) is 2.99. The summed E-state index contributed by atoms with van der Waals surface area (Å²) in [6, 6.07) is -0.313. The maximum atomic E-state index is 11.9. The zero-order valence-corrected chi connectivity index (χ0v) is 12.2. The molecule has 0 aliphatic carbocycles. The van der Waals surface area contributed by atoms with Crippen molar-refractivity contribution in [3.8, 4) is 0 Å². The van der Waals surface area contributed by atoms with Gasteiger partial charge >= 0.3 is 0 Å². The molecule has 1 aliphatic heterocycles. The van der Waals surface area contributed by atoms with E-state index in [4.69, 9.17) is 4.74 Å². The van der Waals surface area contributed by atoms with Gasteiger partial charge in [0.15, 0.2) is 0 Å². The van der Waals surface area contributed by atoms with Crippen LogP contribution in [0.4, 0.5) is 0 Å². The summed E-state index contributed by atoms with van der Waals surface area (Å²) in [6.45, 7) is 9.60. The van der Waals surface area contributed by atoms with E-state index in [2.05, 4.69) is 16.0 Å². The second kappa shape index (κ2) is 6.86. The van der Waals surface area contributed by atoms with Gasteiger partial charge in [0.25, 0.3) is 0 Å². The molecule has 0 aromatic carbocycles. The highest BCUT2D eigenvalue weighted by atomic mass is 16.5. The molecule has 6 heteroatoms. The Kier molecular flexibility index (Phi) is 5.75. The van der Waals surface area contributed by atoms with E-state index in [9.17, 15) is 9.59 Å². The summed E-state index contributed by atoms with van der Waals surface area (Å²) in [5.74, 6) is -0.105. The second-order valence-electron chi connectivity index (χ2n) is 5.80. The Balaban J connectivity index is 2.22. The molecule has 0 aromatic heterocycles. The molecule has 6 nitrogen and oxygen atoms in total. The summed E-state index contributed by atoms with van der Waals surface area (Å²) in [6.07, 6.45) is -0.127. The van der Waals surface area contributed by atoms with Gasteiger partial charge in [-0.05, 0) is 6.92 Å². The summed E-state index contributed by atoms with van der Waals surface area (Å²) in [5.41, 5.74) is -0.405. The molecule has 19 heavy (non-hydrogen) atoms. The van der Waals surface area contributed by atoms with Crippen LogP contribution in [-0.4, -0.2) is 50.2 Å². The third-order valence-electron chi connectivity index (χ3n) is 2.99. The van der Waals surface area contributed by atoms with Crippen LogP contribution >= 0.6 is 0 Å². The summed E-state index contributed by atoms with van der Waals surface area (Å²) in [4.78, 5) is 23.5. The van der Waals surface area contributed by atoms with Crippen molar-refractivity contribution < 1.29 is 14.3 Å². The number of hydrogen-bond donors (Lipinski definition) is 3. The molecule has 110 valence electrons. The second-order valence-corrected chi connectivity index (χ2v) is 5.80. The standard InChI is InChI=1S/C13H25N3O3/c1-9-10(14-7-8-19-9)11(17)15-5-6-16-12(18)13(2,3)4/h9-10,14H,5-8H2,1-4H3,(H,15,17)(H,16,18)/t9-,10+/m1/s1. The number of rotatable bonds is 4. The fraction of sp³-hybridized carbons (Fsp3) is 0.846. The van der Waals surface area contributed by atoms with Gasteiger partial charge in [-0.2, -0.15) is 0 Å². The van der Waals surface area contributed by atoms with E-state index >= 15 is 0 Å². The van der Waals surface area contributed by atoms with Crippen molar-refractivity contribution in [2.45, 2.75) is 39.8 Å². The first-order valence-corrected chi connectivity index (χ1v) is 6.73. The lowest BCUT2D eigenvalue weighted by atomic mass is 9.96. The number of carbonyl (C=O) groups is 2. The molecular weight excluding hydrogens is 246 g/mol. The summed E-state index contributed by atoms with van der Waals surface area (Å²) < 4.78 is 5.41. The van der Waals surface area contributed by atoms with Crippen LogP contribution in [0.5, 0.6) is 0 Å². The van der Waals surface area contributed by atoms with Gasteiger partial charge < -0.3 is 20.7 Å². The first kappa shape index (κ1) is 15.9. The zero-order chi connectivity index (χ0) is 14.5. The van der Waals surface area contributed by atoms with E-state index in [1.807, 2.05) is 27.7 Å². The Morgan fingerprint density at radius 3 is 2.47 bits per heavy atom. The Morgan fingerprint density at radius 1 is 1.26 bits per heavy atom. The molecule has 0 bridgehead atoms. The van der Waals surface area contributed by atoms with Gasteiger partial charge in [-0.15, -0.1) is 0 Å². The Morgan fingerprint density at radius 2 is 1.89 bits per heavy atom. The highest BCUT2D eigenvalue weighted by molar-refractivity contribution is 5.83. The van der Waals surface area contributed by atoms with Crippen LogP contribution in [0.15, 0.2) is 0 Å². The average molecular weight is 271 g/mol. The van der Waals surface area contributed by atoms with Crippen LogP contribution in [0.25, 0.3) is 0 Å². The van der Waals surface area contributed by atoms with Crippen molar-refractivity contribution in [1.82, 2.24) is 16.0 Å². The van der Waals surface area contributed by atoms with Crippen molar-refractivity contribution in [2.75, 3.05) is 26.2 Å². The van der Waals surface area contributed by atoms with Crippen LogP contribution in [-0.2, 0) is 14.3 Å². The van der Waals surface area contributed by atoms with Gasteiger partial charge in [-0.25, -0.2) is 0 Å². The first-order valence-electron chi connectivity index (χ1n) is 6.73. The number of nitrogens with one attached hydrogen (secondary N) is 3. The molecule has 3 N–H and O–H groups in total. The molecule has 1 aliphatic rings. The normalized spacial score (nSPS) is 23.8. The van der Waals surface area contributed by atoms with E-state index in [1.54, 1.807) is 0 Å². The maximum Gasteiger partial charge on any atom is 0.239 e. The molecule has 1 rings (SSSR count). The van der Waals surface area contributed by atoms with Gasteiger partial charge in [0.05, 0.1) is 12.7 Å². The molecule has 1 heterocycles. The molecule has 0 spiro atoms. The lowest BCUT2D eigenvalue weighted by molar-refractivity contribution is -0.130. The predicted octanol–water partition coefficient (Wildman–Crippen LogP) is -0.358. The van der Waals surface area contributed by atoms with Crippen LogP contribution in [0.3, 0.4) is 0 Å². The van der Waals surface area contributed by atoms with Crippen LogP contribution in [0.2, 0.25) is 0 Å². The number of hydrogen-bond acceptors (Lipinski definition) is 4. The minimum Gasteiger partial charge on any atom is -0.375 e. The van der Waals surface area contributed by atoms with Crippen LogP contribution in [0.1, 0.15) is 27.7 Å². The van der Waals surface area contributed by atoms with Gasteiger partial charge in [0.2, 0.25) is 11.8 Å². The molecule has 2 amide bonds. The lowest BCUT2D eigenvalue weighted by Gasteiger charge is -2.29. The summed E-state index contributed by atoms with van der Waals surface area (Å²) in [7, 11) is 0. The topological polar surface area (TPSA) is 79.5 Å². The van der Waals surface area contributed by atoms with Gasteiger partial charge in [-0.3, -0.25) is 9.59 Å². The van der Waals surface area contributed by atoms with Crippen molar-refractivity contribution in [3.05, 3.63) is 0 Å². The molecule has 1 fully saturated rings. The van der Waals surface area contributed by atoms with Crippen molar-refractivity contribution >= 4 is 11.8 Å². The highest BCUT2D eigenvalue weighted by Crippen LogP contribution is 2.11. The van der Waals surface area contributed by atoms with Gasteiger partial charge in [-0.1, -0.05) is 20.8 Å². The minimum absolute atomic E-state index is 0.0192. The first-order chi connectivity index (χ1) is 8.82. The molecule has 0 saturated carbocycles. The summed E-state index contributed by atoms with van der Waals surface area (Å²) in [5, 5.41) is 8.70. The molecule has 0 radical (unpaired) electrons. The molecule has 0 aromatic rings. The predicted molar refractivity (Wildman–Crippen MR) is 72.7 cm³/mol. The number of amides is 2. The van der Waals surface area contributed by atoms with E-state index in [-0.39, 0.29) is 24.0 Å². The van der Waals surface area contributed by atoms with Crippen molar-refractivity contribution in [3.63, 3.8) is 0 Å². The van der Waals surface area contributed by atoms with E-state index < -0.39 is 5.41 Å². The fourth-order valence-electron chi connectivity index (χ4n) is 1.76. The maximum absolute atomic E-state index is 11.9. The van der Waals surface area contributed by atoms with E-state index in [0.29, 0.717) is 26.2 Å². The van der Waals surface area contributed by atoms with E-state index in [1.165, 1.54) is 0 Å². The quantitative estimate of drug-likeness (QED) is 0.610. The highest BCUT2D eigenvalue weighted by Gasteiger charge is 2.28. The molecular formula is C13H25N3O3. The molecule has 1 saturated heterocycles. The summed E-state index contributed by atoms with van der Waals surface area (Å²) >= 11 is 0. The Bertz CT molecular complexity index is 326. The average Bonchev–Trinajstić information content (AvgIpc) is 2.33. The third kappa shape index (κ3) is 5.16. The van der Waals surface area contributed by atoms with Crippen LogP contribution in [0, 0.1) is 5.41 Å². The lowest BCUT2D eigenvalue weighted by Crippen LogP contribution is -2.56. The Hall–Kier alpha value is -1.14. The monoisotopic (exact) mass is 271 g/mol. The fourth-order valence-corrected chi connectivity index (χ4v) is 1.76. The molecule has 2 atom stereocenters. The smallest absolute Gasteiger partial charge is 0.239 e. The van der Waals surface area contributed by atoms with Crippen molar-refractivity contribution in [2.24, 2.45) is 5.41 Å². The van der Waals surface area contributed by atoms with E-state index in [0.717, 1.165) is 0 Å². The molecule has 0 unspecified atom stereocenters. The number of morpholine rings is 1. The van der Waals surface area contributed by atoms with Crippen LogP contribution < -0.4 is 16.0 Å².